The number of nitrogens with zero attached hydrogens (tertiary/aromatic N) is 1. The Labute approximate surface area is 256 Å². The summed E-state index contributed by atoms with van der Waals surface area (Å²) >= 11 is 3.68. The van der Waals surface area contributed by atoms with Crippen molar-refractivity contribution in [3.8, 4) is 17.6 Å². The molecule has 2 aromatic carbocycles. The Bertz CT molecular complexity index is 1420. The first-order valence-corrected chi connectivity index (χ1v) is 15.2. The molecule has 0 spiro atoms. The Kier molecular flexibility index (Phi) is 10.8. The zero-order valence-electron chi connectivity index (χ0n) is 24.6. The minimum Gasteiger partial charge on any atom is -0.490 e. The van der Waals surface area contributed by atoms with Gasteiger partial charge in [0.05, 0.1) is 35.2 Å². The summed E-state index contributed by atoms with van der Waals surface area (Å²) < 4.78 is 17.9. The smallest absolute Gasteiger partial charge is 0.251 e. The first kappa shape index (κ1) is 31.3. The second kappa shape index (κ2) is 14.5. The van der Waals surface area contributed by atoms with Gasteiger partial charge in [0.25, 0.3) is 5.91 Å². The summed E-state index contributed by atoms with van der Waals surface area (Å²) in [6.45, 7) is 7.50. The van der Waals surface area contributed by atoms with Gasteiger partial charge in [0.2, 0.25) is 0 Å². The summed E-state index contributed by atoms with van der Waals surface area (Å²) in [5.74, 6) is 0.824. The van der Waals surface area contributed by atoms with Crippen LogP contribution in [0, 0.1) is 17.2 Å². The fraction of sp³-hybridized carbons (Fsp3) is 0.424. The van der Waals surface area contributed by atoms with Crippen LogP contribution in [0.3, 0.4) is 0 Å². The van der Waals surface area contributed by atoms with Crippen molar-refractivity contribution in [1.82, 2.24) is 10.6 Å². The monoisotopic (exact) mass is 635 g/mol. The van der Waals surface area contributed by atoms with Gasteiger partial charge >= 0.3 is 0 Å². The number of carbonyl (C=O) groups is 2. The SMILES string of the molecule is CCCC1CC(=O)C2=C(C1)NC(C)=C(C#N)C2c1cc(Br)c(OCc2ccc(C(=O)NCCOC)cc2)c(OCC)c1. The molecule has 0 saturated heterocycles. The van der Waals surface area contributed by atoms with Crippen molar-refractivity contribution in [3.63, 3.8) is 0 Å². The highest BCUT2D eigenvalue weighted by Gasteiger charge is 2.39. The van der Waals surface area contributed by atoms with Crippen LogP contribution in [0.25, 0.3) is 0 Å². The fourth-order valence-corrected chi connectivity index (χ4v) is 6.22. The number of nitriles is 1. The number of ether oxygens (including phenoxy) is 3. The van der Waals surface area contributed by atoms with Gasteiger partial charge in [-0.3, -0.25) is 9.59 Å². The van der Waals surface area contributed by atoms with Crippen LogP contribution in [0.2, 0.25) is 0 Å². The fourth-order valence-electron chi connectivity index (χ4n) is 5.65. The van der Waals surface area contributed by atoms with E-state index in [0.29, 0.717) is 64.8 Å². The Balaban J connectivity index is 1.60. The van der Waals surface area contributed by atoms with Crippen molar-refractivity contribution in [2.45, 2.75) is 59.0 Å². The summed E-state index contributed by atoms with van der Waals surface area (Å²) in [6, 6.07) is 13.4. The highest BCUT2D eigenvalue weighted by molar-refractivity contribution is 9.10. The second-order valence-corrected chi connectivity index (χ2v) is 11.4. The lowest BCUT2D eigenvalue weighted by molar-refractivity contribution is -0.117. The summed E-state index contributed by atoms with van der Waals surface area (Å²) in [6.07, 6.45) is 3.33. The van der Waals surface area contributed by atoms with Gasteiger partial charge in [-0.25, -0.2) is 0 Å². The third-order valence-corrected chi connectivity index (χ3v) is 8.17. The Morgan fingerprint density at radius 3 is 2.60 bits per heavy atom. The highest BCUT2D eigenvalue weighted by atomic mass is 79.9. The lowest BCUT2D eigenvalue weighted by Gasteiger charge is -2.35. The largest absolute Gasteiger partial charge is 0.490 e. The maximum Gasteiger partial charge on any atom is 0.251 e. The number of hydrogen-bond donors (Lipinski definition) is 2. The molecular formula is C33H38BrN3O5. The van der Waals surface area contributed by atoms with Crippen molar-refractivity contribution in [3.05, 3.63) is 80.1 Å². The summed E-state index contributed by atoms with van der Waals surface area (Å²) in [5.41, 5.74) is 5.15. The predicted molar refractivity (Wildman–Crippen MR) is 164 cm³/mol. The lowest BCUT2D eigenvalue weighted by Crippen LogP contribution is -2.34. The number of hydrogen-bond acceptors (Lipinski definition) is 7. The molecule has 8 nitrogen and oxygen atoms in total. The number of methoxy groups -OCH3 is 1. The van der Waals surface area contributed by atoms with Crippen molar-refractivity contribution >= 4 is 27.6 Å². The van der Waals surface area contributed by atoms with Gasteiger partial charge in [0.1, 0.15) is 6.61 Å². The first-order chi connectivity index (χ1) is 20.3. The number of nitrogens with one attached hydrogen (secondary N) is 2. The minimum absolute atomic E-state index is 0.0951. The molecule has 0 saturated carbocycles. The molecular weight excluding hydrogens is 598 g/mol. The van der Waals surface area contributed by atoms with Crippen LogP contribution in [-0.2, 0) is 16.1 Å². The maximum atomic E-state index is 13.5. The van der Waals surface area contributed by atoms with E-state index in [4.69, 9.17) is 14.2 Å². The van der Waals surface area contributed by atoms with E-state index in [2.05, 4.69) is 39.6 Å². The number of Topliss-reactive ketones (excluding diaryl/α,β-unsaturated/α-hetero) is 1. The number of rotatable bonds is 12. The van der Waals surface area contributed by atoms with Crippen LogP contribution in [0.4, 0.5) is 0 Å². The number of amides is 1. The molecule has 2 unspecified atom stereocenters. The zero-order valence-corrected chi connectivity index (χ0v) is 26.2. The van der Waals surface area contributed by atoms with E-state index in [0.717, 1.165) is 41.8 Å². The van der Waals surface area contributed by atoms with Gasteiger partial charge in [-0.15, -0.1) is 0 Å². The molecule has 9 heteroatoms. The Hall–Kier alpha value is -3.61. The number of benzene rings is 2. The first-order valence-electron chi connectivity index (χ1n) is 14.4. The molecule has 42 heavy (non-hydrogen) atoms. The number of dihydropyridines is 1. The Morgan fingerprint density at radius 1 is 1.17 bits per heavy atom. The third-order valence-electron chi connectivity index (χ3n) is 7.59. The van der Waals surface area contributed by atoms with Crippen molar-refractivity contribution in [2.24, 2.45) is 5.92 Å². The molecule has 2 atom stereocenters. The van der Waals surface area contributed by atoms with Crippen LogP contribution in [0.5, 0.6) is 11.5 Å². The van der Waals surface area contributed by atoms with E-state index in [-0.39, 0.29) is 18.3 Å². The third kappa shape index (κ3) is 7.05. The van der Waals surface area contributed by atoms with Crippen LogP contribution < -0.4 is 20.1 Å². The lowest BCUT2D eigenvalue weighted by atomic mass is 9.72. The van der Waals surface area contributed by atoms with E-state index in [1.165, 1.54) is 0 Å². The van der Waals surface area contributed by atoms with E-state index in [1.54, 1.807) is 19.2 Å². The number of carbonyl (C=O) groups excluding carboxylic acids is 2. The van der Waals surface area contributed by atoms with Gasteiger partial charge in [0, 0.05) is 42.6 Å². The molecule has 0 aromatic heterocycles. The topological polar surface area (TPSA) is 110 Å². The van der Waals surface area contributed by atoms with Gasteiger partial charge in [-0.05, 0) is 83.9 Å². The number of ketones is 1. The average Bonchev–Trinajstić information content (AvgIpc) is 2.96. The van der Waals surface area contributed by atoms with E-state index < -0.39 is 5.92 Å². The molecule has 2 aromatic rings. The van der Waals surface area contributed by atoms with E-state index in [1.807, 2.05) is 38.1 Å². The van der Waals surface area contributed by atoms with Crippen LogP contribution in [0.1, 0.15) is 73.9 Å². The van der Waals surface area contributed by atoms with Crippen molar-refractivity contribution in [2.75, 3.05) is 26.9 Å². The van der Waals surface area contributed by atoms with E-state index >= 15 is 0 Å². The highest BCUT2D eigenvalue weighted by Crippen LogP contribution is 2.47. The molecule has 0 radical (unpaired) electrons. The van der Waals surface area contributed by atoms with Gasteiger partial charge in [-0.1, -0.05) is 25.5 Å². The molecule has 0 bridgehead atoms. The zero-order chi connectivity index (χ0) is 30.2. The van der Waals surface area contributed by atoms with Crippen LogP contribution in [0.15, 0.2) is 63.4 Å². The molecule has 1 amide bonds. The molecule has 2 N–H and O–H groups in total. The molecule has 1 aliphatic heterocycles. The van der Waals surface area contributed by atoms with Crippen LogP contribution >= 0.6 is 15.9 Å². The molecule has 1 heterocycles. The minimum atomic E-state index is -0.478. The van der Waals surface area contributed by atoms with Gasteiger partial charge in [-0.2, -0.15) is 5.26 Å². The standard InChI is InChI=1S/C33H38BrN3O5/c1-5-7-22-14-27-31(28(38)15-22)30(25(18-35)20(3)37-27)24-16-26(34)32(29(17-24)41-6-2)42-19-21-8-10-23(11-9-21)33(39)36-12-13-40-4/h8-11,16-17,22,30,37H,5-7,12-15,19H2,1-4H3,(H,36,39). The Morgan fingerprint density at radius 2 is 1.93 bits per heavy atom. The van der Waals surface area contributed by atoms with Gasteiger partial charge < -0.3 is 24.8 Å². The average molecular weight is 637 g/mol. The molecule has 2 aliphatic rings. The van der Waals surface area contributed by atoms with Crippen molar-refractivity contribution in [1.29, 1.82) is 5.26 Å². The quantitative estimate of drug-likeness (QED) is 0.263. The second-order valence-electron chi connectivity index (χ2n) is 10.6. The maximum absolute atomic E-state index is 13.5. The summed E-state index contributed by atoms with van der Waals surface area (Å²) in [5, 5.41) is 16.3. The molecule has 0 fully saturated rings. The number of allylic oxidation sites excluding steroid dienone is 4. The summed E-state index contributed by atoms with van der Waals surface area (Å²) in [4.78, 5) is 25.8. The molecule has 1 aliphatic carbocycles. The van der Waals surface area contributed by atoms with Crippen LogP contribution in [-0.4, -0.2) is 38.6 Å². The predicted octanol–water partition coefficient (Wildman–Crippen LogP) is 6.32. The molecule has 4 rings (SSSR count). The van der Waals surface area contributed by atoms with Gasteiger partial charge in [0.15, 0.2) is 17.3 Å². The normalized spacial score (nSPS) is 18.2. The number of halogens is 1. The molecule has 222 valence electrons. The summed E-state index contributed by atoms with van der Waals surface area (Å²) in [7, 11) is 1.59. The van der Waals surface area contributed by atoms with E-state index in [9.17, 15) is 14.9 Å². The van der Waals surface area contributed by atoms with Crippen molar-refractivity contribution < 1.29 is 23.8 Å².